The van der Waals surface area contributed by atoms with E-state index in [4.69, 9.17) is 9.15 Å². The maximum atomic E-state index is 5.95. The predicted octanol–water partition coefficient (Wildman–Crippen LogP) is 3.15. The topological polar surface area (TPSA) is 37.6 Å². The van der Waals surface area contributed by atoms with Gasteiger partial charge in [0.15, 0.2) is 0 Å². The summed E-state index contributed by atoms with van der Waals surface area (Å²) in [5, 5.41) is 3.58. The van der Waals surface area contributed by atoms with E-state index in [1.807, 2.05) is 24.3 Å². The van der Waals surface area contributed by atoms with Crippen LogP contribution in [0.1, 0.15) is 19.6 Å². The van der Waals surface area contributed by atoms with Gasteiger partial charge >= 0.3 is 0 Å². The van der Waals surface area contributed by atoms with Gasteiger partial charge in [-0.1, -0.05) is 30.3 Å². The molecule has 3 rings (SSSR count). The van der Waals surface area contributed by atoms with Crippen molar-refractivity contribution in [2.24, 2.45) is 0 Å². The Balaban J connectivity index is 1.53. The number of benzene rings is 1. The van der Waals surface area contributed by atoms with Crippen LogP contribution in [0, 0.1) is 0 Å². The van der Waals surface area contributed by atoms with Crippen LogP contribution in [0.5, 0.6) is 0 Å². The van der Waals surface area contributed by atoms with Gasteiger partial charge in [0.25, 0.3) is 0 Å². The van der Waals surface area contributed by atoms with Crippen LogP contribution in [0.25, 0.3) is 11.3 Å². The molecule has 0 radical (unpaired) electrons. The first kappa shape index (κ1) is 16.2. The molecule has 0 bridgehead atoms. The van der Waals surface area contributed by atoms with Crippen LogP contribution in [0.2, 0.25) is 0 Å². The van der Waals surface area contributed by atoms with Crippen LogP contribution in [0.4, 0.5) is 0 Å². The van der Waals surface area contributed by atoms with Gasteiger partial charge in [-0.25, -0.2) is 0 Å². The van der Waals surface area contributed by atoms with Gasteiger partial charge in [0.05, 0.1) is 19.8 Å². The molecule has 0 spiro atoms. The summed E-state index contributed by atoms with van der Waals surface area (Å²) >= 11 is 0. The smallest absolute Gasteiger partial charge is 0.134 e. The van der Waals surface area contributed by atoms with E-state index in [-0.39, 0.29) is 0 Å². The third kappa shape index (κ3) is 4.22. The summed E-state index contributed by atoms with van der Waals surface area (Å²) in [7, 11) is 0. The highest BCUT2D eigenvalue weighted by Gasteiger charge is 2.21. The molecule has 1 aliphatic rings. The first-order valence-corrected chi connectivity index (χ1v) is 8.43. The standard InChI is InChI=1S/C19H26N2O2/c1-15(16(2)21-10-12-22-13-11-21)20-14-18-8-9-19(23-18)17-6-4-3-5-7-17/h3-9,15-16,20H,10-14H2,1-2H3. The Morgan fingerprint density at radius 3 is 2.52 bits per heavy atom. The van der Waals surface area contributed by atoms with Crippen LogP contribution in [-0.2, 0) is 11.3 Å². The van der Waals surface area contributed by atoms with Crippen molar-refractivity contribution in [2.45, 2.75) is 32.5 Å². The second-order valence-electron chi connectivity index (χ2n) is 6.19. The molecule has 2 heterocycles. The average molecular weight is 314 g/mol. The van der Waals surface area contributed by atoms with Crippen molar-refractivity contribution < 1.29 is 9.15 Å². The lowest BCUT2D eigenvalue weighted by molar-refractivity contribution is 0.0134. The predicted molar refractivity (Wildman–Crippen MR) is 92.3 cm³/mol. The average Bonchev–Trinajstić information content (AvgIpc) is 3.09. The second-order valence-corrected chi connectivity index (χ2v) is 6.19. The summed E-state index contributed by atoms with van der Waals surface area (Å²) in [6.07, 6.45) is 0. The second kappa shape index (κ2) is 7.77. The number of furan rings is 1. The Kier molecular flexibility index (Phi) is 5.49. The van der Waals surface area contributed by atoms with Gasteiger partial charge in [-0.2, -0.15) is 0 Å². The molecule has 1 fully saturated rings. The van der Waals surface area contributed by atoms with Crippen LogP contribution < -0.4 is 5.32 Å². The van der Waals surface area contributed by atoms with E-state index in [0.717, 1.165) is 49.9 Å². The van der Waals surface area contributed by atoms with E-state index in [9.17, 15) is 0 Å². The lowest BCUT2D eigenvalue weighted by Crippen LogP contribution is -2.50. The molecule has 2 aromatic rings. The van der Waals surface area contributed by atoms with E-state index in [1.165, 1.54) is 0 Å². The molecule has 2 unspecified atom stereocenters. The van der Waals surface area contributed by atoms with Crippen molar-refractivity contribution in [3.8, 4) is 11.3 Å². The van der Waals surface area contributed by atoms with Gasteiger partial charge in [-0.3, -0.25) is 4.90 Å². The van der Waals surface area contributed by atoms with E-state index in [1.54, 1.807) is 0 Å². The molecule has 0 aliphatic carbocycles. The Labute approximate surface area is 138 Å². The molecule has 2 atom stereocenters. The van der Waals surface area contributed by atoms with E-state index >= 15 is 0 Å². The molecule has 1 saturated heterocycles. The van der Waals surface area contributed by atoms with Gasteiger partial charge in [-0.05, 0) is 26.0 Å². The minimum atomic E-state index is 0.401. The maximum absolute atomic E-state index is 5.95. The largest absolute Gasteiger partial charge is 0.460 e. The molecular formula is C19H26N2O2. The summed E-state index contributed by atoms with van der Waals surface area (Å²) in [6.45, 7) is 8.99. The van der Waals surface area contributed by atoms with E-state index in [0.29, 0.717) is 12.1 Å². The van der Waals surface area contributed by atoms with Crippen LogP contribution in [0.15, 0.2) is 46.9 Å². The first-order valence-electron chi connectivity index (χ1n) is 8.43. The molecule has 4 heteroatoms. The lowest BCUT2D eigenvalue weighted by atomic mass is 10.1. The van der Waals surface area contributed by atoms with E-state index < -0.39 is 0 Å². The van der Waals surface area contributed by atoms with Gasteiger partial charge in [0.1, 0.15) is 11.5 Å². The van der Waals surface area contributed by atoms with Gasteiger partial charge in [0, 0.05) is 30.7 Å². The molecule has 1 N–H and O–H groups in total. The fraction of sp³-hybridized carbons (Fsp3) is 0.474. The zero-order valence-electron chi connectivity index (χ0n) is 14.0. The van der Waals surface area contributed by atoms with Crippen molar-refractivity contribution in [3.63, 3.8) is 0 Å². The van der Waals surface area contributed by atoms with Crippen molar-refractivity contribution in [2.75, 3.05) is 26.3 Å². The molecule has 0 saturated carbocycles. The fourth-order valence-electron chi connectivity index (χ4n) is 2.96. The van der Waals surface area contributed by atoms with Crippen LogP contribution in [0.3, 0.4) is 0 Å². The first-order chi connectivity index (χ1) is 11.2. The van der Waals surface area contributed by atoms with Gasteiger partial charge < -0.3 is 14.5 Å². The van der Waals surface area contributed by atoms with Gasteiger partial charge in [0.2, 0.25) is 0 Å². The van der Waals surface area contributed by atoms with Gasteiger partial charge in [-0.15, -0.1) is 0 Å². The maximum Gasteiger partial charge on any atom is 0.134 e. The molecule has 0 amide bonds. The summed E-state index contributed by atoms with van der Waals surface area (Å²) in [5.41, 5.74) is 1.12. The third-order valence-electron chi connectivity index (χ3n) is 4.66. The summed E-state index contributed by atoms with van der Waals surface area (Å²) in [5.74, 6) is 1.90. The fourth-order valence-corrected chi connectivity index (χ4v) is 2.96. The number of ether oxygens (including phenoxy) is 1. The van der Waals surface area contributed by atoms with E-state index in [2.05, 4.69) is 42.3 Å². The van der Waals surface area contributed by atoms with Crippen molar-refractivity contribution in [1.29, 1.82) is 0 Å². The molecular weight excluding hydrogens is 288 g/mol. The van der Waals surface area contributed by atoms with Crippen molar-refractivity contribution in [3.05, 3.63) is 48.2 Å². The number of nitrogens with one attached hydrogen (secondary N) is 1. The summed E-state index contributed by atoms with van der Waals surface area (Å²) in [4.78, 5) is 2.48. The summed E-state index contributed by atoms with van der Waals surface area (Å²) in [6, 6.07) is 15.2. The van der Waals surface area contributed by atoms with Crippen molar-refractivity contribution >= 4 is 0 Å². The highest BCUT2D eigenvalue weighted by molar-refractivity contribution is 5.57. The monoisotopic (exact) mass is 314 g/mol. The molecule has 1 aliphatic heterocycles. The Morgan fingerprint density at radius 1 is 1.04 bits per heavy atom. The number of rotatable bonds is 6. The number of hydrogen-bond donors (Lipinski definition) is 1. The molecule has 1 aromatic carbocycles. The Hall–Kier alpha value is -1.62. The highest BCUT2D eigenvalue weighted by atomic mass is 16.5. The summed E-state index contributed by atoms with van der Waals surface area (Å²) < 4.78 is 11.4. The lowest BCUT2D eigenvalue weighted by Gasteiger charge is -2.35. The molecule has 4 nitrogen and oxygen atoms in total. The highest BCUT2D eigenvalue weighted by Crippen LogP contribution is 2.21. The van der Waals surface area contributed by atoms with Crippen molar-refractivity contribution in [1.82, 2.24) is 10.2 Å². The van der Waals surface area contributed by atoms with Crippen LogP contribution in [-0.4, -0.2) is 43.3 Å². The molecule has 1 aromatic heterocycles. The third-order valence-corrected chi connectivity index (χ3v) is 4.66. The number of nitrogens with zero attached hydrogens (tertiary/aromatic N) is 1. The Morgan fingerprint density at radius 2 is 1.78 bits per heavy atom. The SMILES string of the molecule is CC(NCc1ccc(-c2ccccc2)o1)C(C)N1CCOCC1. The quantitative estimate of drug-likeness (QED) is 0.889. The number of morpholine rings is 1. The molecule has 23 heavy (non-hydrogen) atoms. The zero-order valence-corrected chi connectivity index (χ0v) is 14.0. The number of hydrogen-bond acceptors (Lipinski definition) is 4. The molecule has 124 valence electrons. The zero-order chi connectivity index (χ0) is 16.1. The normalized spacial score (nSPS) is 18.7. The minimum Gasteiger partial charge on any atom is -0.460 e. The Bertz CT molecular complexity index is 590. The van der Waals surface area contributed by atoms with Crippen LogP contribution >= 0.6 is 0 Å². The minimum absolute atomic E-state index is 0.401.